The summed E-state index contributed by atoms with van der Waals surface area (Å²) in [5.41, 5.74) is 2.02. The zero-order valence-electron chi connectivity index (χ0n) is 13.6. The van der Waals surface area contributed by atoms with Crippen LogP contribution in [0.4, 0.5) is 5.69 Å². The minimum Gasteiger partial charge on any atom is -0.497 e. The van der Waals surface area contributed by atoms with Crippen LogP contribution in [-0.4, -0.2) is 11.7 Å². The number of methoxy groups -OCH3 is 1. The Morgan fingerprint density at radius 3 is 2.84 bits per heavy atom. The summed E-state index contributed by atoms with van der Waals surface area (Å²) in [5, 5.41) is 4.23. The van der Waals surface area contributed by atoms with Gasteiger partial charge in [0.1, 0.15) is 11.5 Å². The third kappa shape index (κ3) is 3.45. The Morgan fingerprint density at radius 1 is 1.12 bits per heavy atom. The molecule has 0 saturated carbocycles. The van der Waals surface area contributed by atoms with Gasteiger partial charge in [-0.15, -0.1) is 22.7 Å². The molecule has 126 valence electrons. The molecule has 25 heavy (non-hydrogen) atoms. The molecule has 0 radical (unpaired) electrons. The topological polar surface area (TPSA) is 39.7 Å². The summed E-state index contributed by atoms with van der Waals surface area (Å²) in [5.74, 6) is 1.71. The molecule has 4 nitrogen and oxygen atoms in total. The predicted molar refractivity (Wildman–Crippen MR) is 102 cm³/mol. The summed E-state index contributed by atoms with van der Waals surface area (Å²) in [4.78, 5) is 6.97. The van der Waals surface area contributed by atoms with E-state index in [1.165, 1.54) is 4.88 Å². The first-order valence-electron chi connectivity index (χ1n) is 7.77. The van der Waals surface area contributed by atoms with Gasteiger partial charge < -0.3 is 13.7 Å². The Labute approximate surface area is 153 Å². The molecule has 0 saturated heterocycles. The van der Waals surface area contributed by atoms with Gasteiger partial charge in [-0.1, -0.05) is 12.1 Å². The number of thiazole rings is 1. The molecule has 0 spiro atoms. The van der Waals surface area contributed by atoms with Gasteiger partial charge in [-0.25, -0.2) is 4.99 Å². The molecule has 0 atom stereocenters. The fraction of sp³-hybridized carbons (Fsp3) is 0.105. The van der Waals surface area contributed by atoms with Gasteiger partial charge in [0.2, 0.25) is 0 Å². The van der Waals surface area contributed by atoms with Gasteiger partial charge in [0.05, 0.1) is 36.2 Å². The zero-order valence-corrected chi connectivity index (χ0v) is 15.2. The van der Waals surface area contributed by atoms with Crippen LogP contribution >= 0.6 is 22.7 Å². The van der Waals surface area contributed by atoms with E-state index in [9.17, 15) is 0 Å². The average molecular weight is 368 g/mol. The summed E-state index contributed by atoms with van der Waals surface area (Å²) < 4.78 is 13.0. The van der Waals surface area contributed by atoms with E-state index < -0.39 is 0 Å². The van der Waals surface area contributed by atoms with Crippen molar-refractivity contribution in [2.45, 2.75) is 6.54 Å². The van der Waals surface area contributed by atoms with Gasteiger partial charge in [0, 0.05) is 11.4 Å². The molecule has 0 N–H and O–H groups in total. The van der Waals surface area contributed by atoms with Crippen molar-refractivity contribution in [2.75, 3.05) is 7.11 Å². The van der Waals surface area contributed by atoms with Gasteiger partial charge in [-0.05, 0) is 35.7 Å². The Kier molecular flexibility index (Phi) is 4.54. The average Bonchev–Trinajstić information content (AvgIpc) is 3.38. The van der Waals surface area contributed by atoms with E-state index in [-0.39, 0.29) is 0 Å². The number of benzene rings is 1. The number of furan rings is 1. The zero-order chi connectivity index (χ0) is 17.1. The van der Waals surface area contributed by atoms with Crippen LogP contribution in [0, 0.1) is 0 Å². The highest BCUT2D eigenvalue weighted by Crippen LogP contribution is 2.26. The first-order valence-corrected chi connectivity index (χ1v) is 9.53. The van der Waals surface area contributed by atoms with E-state index in [0.717, 1.165) is 27.7 Å². The second-order valence-corrected chi connectivity index (χ2v) is 7.14. The van der Waals surface area contributed by atoms with Crippen molar-refractivity contribution in [3.05, 3.63) is 76.1 Å². The Bertz CT molecular complexity index is 1010. The molecule has 0 amide bonds. The van der Waals surface area contributed by atoms with Crippen molar-refractivity contribution in [3.63, 3.8) is 0 Å². The van der Waals surface area contributed by atoms with Crippen molar-refractivity contribution >= 4 is 28.4 Å². The van der Waals surface area contributed by atoms with Crippen LogP contribution in [0.25, 0.3) is 10.6 Å². The van der Waals surface area contributed by atoms with Crippen molar-refractivity contribution in [3.8, 4) is 16.3 Å². The fourth-order valence-corrected chi connectivity index (χ4v) is 4.29. The summed E-state index contributed by atoms with van der Waals surface area (Å²) in [6, 6.07) is 15.9. The van der Waals surface area contributed by atoms with Crippen molar-refractivity contribution in [1.82, 2.24) is 4.57 Å². The van der Waals surface area contributed by atoms with Crippen molar-refractivity contribution in [1.29, 1.82) is 0 Å². The number of rotatable bonds is 5. The monoisotopic (exact) mass is 368 g/mol. The highest BCUT2D eigenvalue weighted by atomic mass is 32.1. The molecule has 0 fully saturated rings. The molecule has 0 aliphatic heterocycles. The molecule has 1 aromatic carbocycles. The van der Waals surface area contributed by atoms with Crippen LogP contribution in [0.5, 0.6) is 5.75 Å². The number of nitrogens with zero attached hydrogens (tertiary/aromatic N) is 2. The smallest absolute Gasteiger partial charge is 0.190 e. The van der Waals surface area contributed by atoms with E-state index in [4.69, 9.17) is 14.1 Å². The van der Waals surface area contributed by atoms with E-state index in [1.807, 2.05) is 36.4 Å². The summed E-state index contributed by atoms with van der Waals surface area (Å²) in [7, 11) is 1.66. The van der Waals surface area contributed by atoms with Crippen molar-refractivity contribution < 1.29 is 9.15 Å². The normalized spacial score (nSPS) is 11.8. The molecular formula is C19H16N2O2S2. The minimum absolute atomic E-state index is 0.645. The lowest BCUT2D eigenvalue weighted by Crippen LogP contribution is -2.16. The van der Waals surface area contributed by atoms with Crippen LogP contribution in [0.15, 0.2) is 75.0 Å². The maximum absolute atomic E-state index is 5.55. The quantitative estimate of drug-likeness (QED) is 0.488. The minimum atomic E-state index is 0.645. The number of thiophene rings is 1. The standard InChI is InChI=1S/C19H16N2O2S2/c1-22-15-6-2-5-14(11-15)20-19-21(12-16-7-3-9-23-16)17(13-25-19)18-8-4-10-24-18/h2-11,13H,12H2,1H3. The third-order valence-corrected chi connectivity index (χ3v) is 5.50. The first-order chi connectivity index (χ1) is 12.3. The fourth-order valence-electron chi connectivity index (χ4n) is 2.54. The lowest BCUT2D eigenvalue weighted by molar-refractivity contribution is 0.415. The van der Waals surface area contributed by atoms with Gasteiger partial charge in [-0.2, -0.15) is 0 Å². The van der Waals surface area contributed by atoms with E-state index >= 15 is 0 Å². The molecule has 4 aromatic rings. The molecule has 0 aliphatic carbocycles. The number of ether oxygens (including phenoxy) is 1. The van der Waals surface area contributed by atoms with Crippen LogP contribution in [-0.2, 0) is 6.54 Å². The molecule has 0 aliphatic rings. The molecule has 3 aromatic heterocycles. The maximum Gasteiger partial charge on any atom is 0.190 e. The second-order valence-electron chi connectivity index (χ2n) is 5.36. The van der Waals surface area contributed by atoms with Gasteiger partial charge in [0.25, 0.3) is 0 Å². The molecule has 0 bridgehead atoms. The molecular weight excluding hydrogens is 352 g/mol. The van der Waals surface area contributed by atoms with E-state index in [1.54, 1.807) is 36.0 Å². The van der Waals surface area contributed by atoms with E-state index in [0.29, 0.717) is 6.54 Å². The third-order valence-electron chi connectivity index (χ3n) is 3.74. The van der Waals surface area contributed by atoms with Gasteiger partial charge >= 0.3 is 0 Å². The first kappa shape index (κ1) is 15.9. The molecule has 0 unspecified atom stereocenters. The molecule has 4 rings (SSSR count). The summed E-state index contributed by atoms with van der Waals surface area (Å²) in [6.45, 7) is 0.645. The SMILES string of the molecule is COc1cccc(N=c2scc(-c3cccs3)n2Cc2ccco2)c1. The summed E-state index contributed by atoms with van der Waals surface area (Å²) >= 11 is 3.35. The van der Waals surface area contributed by atoms with Crippen LogP contribution in [0.1, 0.15) is 5.76 Å². The van der Waals surface area contributed by atoms with Crippen LogP contribution < -0.4 is 9.54 Å². The largest absolute Gasteiger partial charge is 0.497 e. The lowest BCUT2D eigenvalue weighted by Gasteiger charge is -2.06. The Hall–Kier alpha value is -2.57. The maximum atomic E-state index is 5.55. The summed E-state index contributed by atoms with van der Waals surface area (Å²) in [6.07, 6.45) is 1.70. The number of hydrogen-bond donors (Lipinski definition) is 0. The van der Waals surface area contributed by atoms with Crippen LogP contribution in [0.2, 0.25) is 0 Å². The van der Waals surface area contributed by atoms with Gasteiger partial charge in [0.15, 0.2) is 4.80 Å². The highest BCUT2D eigenvalue weighted by molar-refractivity contribution is 7.14. The second kappa shape index (κ2) is 7.13. The Morgan fingerprint density at radius 2 is 2.08 bits per heavy atom. The Balaban J connectivity index is 1.82. The van der Waals surface area contributed by atoms with Crippen LogP contribution in [0.3, 0.4) is 0 Å². The molecule has 6 heteroatoms. The number of hydrogen-bond acceptors (Lipinski definition) is 5. The van der Waals surface area contributed by atoms with E-state index in [2.05, 4.69) is 27.5 Å². The highest BCUT2D eigenvalue weighted by Gasteiger charge is 2.11. The lowest BCUT2D eigenvalue weighted by atomic mass is 10.3. The molecule has 3 heterocycles. The number of aromatic nitrogens is 1. The van der Waals surface area contributed by atoms with Gasteiger partial charge in [-0.3, -0.25) is 0 Å². The predicted octanol–water partition coefficient (Wildman–Crippen LogP) is 5.16. The van der Waals surface area contributed by atoms with Crippen molar-refractivity contribution in [2.24, 2.45) is 4.99 Å².